The SMILES string of the molecule is CCC(CO)CCNC(C)=O. The molecule has 1 atom stereocenters. The molecule has 0 fully saturated rings. The molecule has 0 bridgehead atoms. The van der Waals surface area contributed by atoms with Crippen molar-refractivity contribution in [3.8, 4) is 0 Å². The van der Waals surface area contributed by atoms with E-state index in [2.05, 4.69) is 5.32 Å². The van der Waals surface area contributed by atoms with Crippen LogP contribution in [0.1, 0.15) is 26.7 Å². The summed E-state index contributed by atoms with van der Waals surface area (Å²) >= 11 is 0. The maximum absolute atomic E-state index is 10.4. The first kappa shape index (κ1) is 10.4. The number of amides is 1. The Morgan fingerprint density at radius 3 is 2.64 bits per heavy atom. The average molecular weight is 159 g/mol. The molecule has 2 N–H and O–H groups in total. The zero-order valence-corrected chi connectivity index (χ0v) is 7.26. The quantitative estimate of drug-likeness (QED) is 0.614. The fourth-order valence-corrected chi connectivity index (χ4v) is 0.877. The van der Waals surface area contributed by atoms with Gasteiger partial charge in [-0.1, -0.05) is 13.3 Å². The number of nitrogens with one attached hydrogen (secondary N) is 1. The molecule has 0 saturated heterocycles. The van der Waals surface area contributed by atoms with E-state index < -0.39 is 0 Å². The van der Waals surface area contributed by atoms with E-state index >= 15 is 0 Å². The monoisotopic (exact) mass is 159 g/mol. The summed E-state index contributed by atoms with van der Waals surface area (Å²) in [5.41, 5.74) is 0. The van der Waals surface area contributed by atoms with Crippen molar-refractivity contribution in [2.45, 2.75) is 26.7 Å². The minimum Gasteiger partial charge on any atom is -0.396 e. The minimum atomic E-state index is -0.00204. The van der Waals surface area contributed by atoms with Gasteiger partial charge in [0.2, 0.25) is 5.91 Å². The van der Waals surface area contributed by atoms with Gasteiger partial charge < -0.3 is 10.4 Å². The fraction of sp³-hybridized carbons (Fsp3) is 0.875. The Morgan fingerprint density at radius 1 is 1.64 bits per heavy atom. The predicted octanol–water partition coefficient (Wildman–Crippen LogP) is 0.531. The topological polar surface area (TPSA) is 49.3 Å². The average Bonchev–Trinajstić information content (AvgIpc) is 1.98. The number of rotatable bonds is 5. The molecule has 0 aliphatic carbocycles. The van der Waals surface area contributed by atoms with E-state index in [1.54, 1.807) is 0 Å². The summed E-state index contributed by atoms with van der Waals surface area (Å²) in [5, 5.41) is 11.5. The summed E-state index contributed by atoms with van der Waals surface area (Å²) in [6.45, 7) is 4.43. The van der Waals surface area contributed by atoms with Crippen molar-refractivity contribution in [2.24, 2.45) is 5.92 Å². The van der Waals surface area contributed by atoms with Crippen LogP contribution in [0.3, 0.4) is 0 Å². The lowest BCUT2D eigenvalue weighted by Gasteiger charge is -2.10. The number of hydrogen-bond acceptors (Lipinski definition) is 2. The van der Waals surface area contributed by atoms with Crippen LogP contribution >= 0.6 is 0 Å². The lowest BCUT2D eigenvalue weighted by Crippen LogP contribution is -2.23. The Bertz CT molecular complexity index is 111. The van der Waals surface area contributed by atoms with Gasteiger partial charge in [-0.15, -0.1) is 0 Å². The van der Waals surface area contributed by atoms with Gasteiger partial charge in [0, 0.05) is 20.1 Å². The molecule has 3 heteroatoms. The van der Waals surface area contributed by atoms with Gasteiger partial charge in [-0.3, -0.25) is 4.79 Å². The molecule has 0 aliphatic heterocycles. The van der Waals surface area contributed by atoms with Crippen LogP contribution in [0.5, 0.6) is 0 Å². The van der Waals surface area contributed by atoms with Gasteiger partial charge in [-0.2, -0.15) is 0 Å². The highest BCUT2D eigenvalue weighted by Gasteiger charge is 2.03. The molecule has 11 heavy (non-hydrogen) atoms. The molecule has 0 saturated carbocycles. The summed E-state index contributed by atoms with van der Waals surface area (Å²) in [6.07, 6.45) is 1.84. The Labute approximate surface area is 67.8 Å². The van der Waals surface area contributed by atoms with Gasteiger partial charge in [-0.05, 0) is 12.3 Å². The predicted molar refractivity (Wildman–Crippen MR) is 44.2 cm³/mol. The lowest BCUT2D eigenvalue weighted by molar-refractivity contribution is -0.119. The van der Waals surface area contributed by atoms with Crippen molar-refractivity contribution in [2.75, 3.05) is 13.2 Å². The smallest absolute Gasteiger partial charge is 0.216 e. The summed E-state index contributed by atoms with van der Waals surface area (Å²) < 4.78 is 0. The van der Waals surface area contributed by atoms with E-state index in [4.69, 9.17) is 5.11 Å². The summed E-state index contributed by atoms with van der Waals surface area (Å²) in [4.78, 5) is 10.4. The van der Waals surface area contributed by atoms with E-state index in [1.165, 1.54) is 6.92 Å². The molecular formula is C8H17NO2. The molecule has 0 radical (unpaired) electrons. The molecule has 0 heterocycles. The third-order valence-corrected chi connectivity index (χ3v) is 1.76. The van der Waals surface area contributed by atoms with Crippen LogP contribution in [0.25, 0.3) is 0 Å². The Kier molecular flexibility index (Phi) is 5.84. The normalized spacial score (nSPS) is 12.6. The third kappa shape index (κ3) is 5.85. The van der Waals surface area contributed by atoms with Gasteiger partial charge in [0.05, 0.1) is 0 Å². The summed E-state index contributed by atoms with van der Waals surface area (Å²) in [5.74, 6) is 0.333. The second kappa shape index (κ2) is 6.16. The maximum Gasteiger partial charge on any atom is 0.216 e. The second-order valence-electron chi connectivity index (χ2n) is 2.73. The van der Waals surface area contributed by atoms with Crippen LogP contribution < -0.4 is 5.32 Å². The molecule has 0 spiro atoms. The molecule has 3 nitrogen and oxygen atoms in total. The van der Waals surface area contributed by atoms with Crippen LogP contribution in [0.2, 0.25) is 0 Å². The van der Waals surface area contributed by atoms with E-state index in [9.17, 15) is 4.79 Å². The van der Waals surface area contributed by atoms with Gasteiger partial charge in [0.25, 0.3) is 0 Å². The Morgan fingerprint density at radius 2 is 2.27 bits per heavy atom. The zero-order chi connectivity index (χ0) is 8.69. The van der Waals surface area contributed by atoms with E-state index in [-0.39, 0.29) is 12.5 Å². The van der Waals surface area contributed by atoms with Crippen molar-refractivity contribution < 1.29 is 9.90 Å². The first-order chi connectivity index (χ1) is 5.20. The van der Waals surface area contributed by atoms with Crippen molar-refractivity contribution in [3.63, 3.8) is 0 Å². The molecule has 1 amide bonds. The number of carbonyl (C=O) groups excluding carboxylic acids is 1. The van der Waals surface area contributed by atoms with Gasteiger partial charge in [-0.25, -0.2) is 0 Å². The van der Waals surface area contributed by atoms with E-state index in [1.807, 2.05) is 6.92 Å². The van der Waals surface area contributed by atoms with Gasteiger partial charge in [0.1, 0.15) is 0 Å². The van der Waals surface area contributed by atoms with Gasteiger partial charge in [0.15, 0.2) is 0 Å². The van der Waals surface area contributed by atoms with Crippen LogP contribution in [0.4, 0.5) is 0 Å². The highest BCUT2D eigenvalue weighted by atomic mass is 16.3. The molecule has 0 aliphatic rings. The first-order valence-corrected chi connectivity index (χ1v) is 4.06. The largest absolute Gasteiger partial charge is 0.396 e. The van der Waals surface area contributed by atoms with E-state index in [0.717, 1.165) is 12.8 Å². The molecule has 0 aromatic heterocycles. The lowest BCUT2D eigenvalue weighted by atomic mass is 10.0. The number of hydrogen-bond donors (Lipinski definition) is 2. The van der Waals surface area contributed by atoms with Crippen molar-refractivity contribution in [1.82, 2.24) is 5.32 Å². The maximum atomic E-state index is 10.4. The van der Waals surface area contributed by atoms with E-state index in [0.29, 0.717) is 12.5 Å². The Hall–Kier alpha value is -0.570. The van der Waals surface area contributed by atoms with Crippen LogP contribution in [-0.4, -0.2) is 24.2 Å². The zero-order valence-electron chi connectivity index (χ0n) is 7.26. The van der Waals surface area contributed by atoms with Crippen molar-refractivity contribution in [1.29, 1.82) is 0 Å². The third-order valence-electron chi connectivity index (χ3n) is 1.76. The fourth-order valence-electron chi connectivity index (χ4n) is 0.877. The molecule has 0 aromatic carbocycles. The number of carbonyl (C=O) groups is 1. The van der Waals surface area contributed by atoms with Crippen LogP contribution in [0.15, 0.2) is 0 Å². The summed E-state index contributed by atoms with van der Waals surface area (Å²) in [7, 11) is 0. The van der Waals surface area contributed by atoms with Crippen molar-refractivity contribution >= 4 is 5.91 Å². The first-order valence-electron chi connectivity index (χ1n) is 4.06. The van der Waals surface area contributed by atoms with Crippen molar-refractivity contribution in [3.05, 3.63) is 0 Å². The highest BCUT2D eigenvalue weighted by molar-refractivity contribution is 5.72. The number of aliphatic hydroxyl groups excluding tert-OH is 1. The summed E-state index contributed by atoms with van der Waals surface area (Å²) in [6, 6.07) is 0. The second-order valence-corrected chi connectivity index (χ2v) is 2.73. The number of aliphatic hydroxyl groups is 1. The van der Waals surface area contributed by atoms with Crippen LogP contribution in [0, 0.1) is 5.92 Å². The highest BCUT2D eigenvalue weighted by Crippen LogP contribution is 2.04. The molecular weight excluding hydrogens is 142 g/mol. The Balaban J connectivity index is 3.28. The standard InChI is InChI=1S/C8H17NO2/c1-3-8(6-10)4-5-9-7(2)11/h8,10H,3-6H2,1-2H3,(H,9,11). The minimum absolute atomic E-state index is 0.00204. The molecule has 66 valence electrons. The molecule has 0 rings (SSSR count). The van der Waals surface area contributed by atoms with Crippen LogP contribution in [-0.2, 0) is 4.79 Å². The molecule has 1 unspecified atom stereocenters. The van der Waals surface area contributed by atoms with Gasteiger partial charge >= 0.3 is 0 Å². The molecule has 0 aromatic rings.